The molecule has 0 bridgehead atoms. The van der Waals surface area contributed by atoms with Gasteiger partial charge in [-0.15, -0.1) is 0 Å². The second-order valence-electron chi connectivity index (χ2n) is 16.3. The van der Waals surface area contributed by atoms with Gasteiger partial charge < -0.3 is 158 Å². The minimum atomic E-state index is -0.954. The molecule has 0 rings (SSSR count). The number of aliphatic hydroxyl groups is 30. The minimum absolute atomic E-state index is 0.345. The van der Waals surface area contributed by atoms with Gasteiger partial charge in [-0.1, -0.05) is 96.8 Å². The molecule has 0 amide bonds. The first kappa shape index (κ1) is 103. The van der Waals surface area contributed by atoms with E-state index >= 15 is 0 Å². The summed E-state index contributed by atoms with van der Waals surface area (Å²) in [5.74, 6) is -0.653. The summed E-state index contributed by atoms with van der Waals surface area (Å²) < 4.78 is 0. The molecule has 0 atom stereocenters. The molecule has 31 N–H and O–H groups in total. The van der Waals surface area contributed by atoms with Crippen LogP contribution in [-0.4, -0.2) is 357 Å². The third kappa shape index (κ3) is 141. The van der Waals surface area contributed by atoms with Crippen LogP contribution in [0, 0.1) is 0 Å². The summed E-state index contributed by atoms with van der Waals surface area (Å²) in [7, 11) is 0. The summed E-state index contributed by atoms with van der Waals surface area (Å²) in [6, 6.07) is 0. The first-order chi connectivity index (χ1) is 37.9. The van der Waals surface area contributed by atoms with Gasteiger partial charge in [0.25, 0.3) is 0 Å². The Labute approximate surface area is 471 Å². The van der Waals surface area contributed by atoms with Crippen molar-refractivity contribution in [2.75, 3.05) is 132 Å². The zero-order chi connectivity index (χ0) is 64.8. The topological polar surface area (TPSA) is 644 Å². The van der Waals surface area contributed by atoms with Crippen LogP contribution in [-0.2, 0) is 4.79 Å². The zero-order valence-corrected chi connectivity index (χ0v) is 47.0. The molecule has 0 aliphatic heterocycles. The van der Waals surface area contributed by atoms with E-state index in [9.17, 15) is 4.79 Å². The van der Waals surface area contributed by atoms with Crippen molar-refractivity contribution in [1.82, 2.24) is 0 Å². The highest BCUT2D eigenvalue weighted by Crippen LogP contribution is 2.13. The fraction of sp³-hybridized carbons (Fsp3) is 0.979. The minimum Gasteiger partial charge on any atom is -0.481 e. The van der Waals surface area contributed by atoms with Gasteiger partial charge in [0, 0.05) is 6.42 Å². The molecule has 0 aromatic carbocycles. The lowest BCUT2D eigenvalue weighted by Crippen LogP contribution is -2.15. The standard InChI is InChI=1S/C18H36O2.10C3H8O3/c1-2-3-4-5-6-7-8-9-10-11-12-13-14-15-16-17-18(19)20;10*4-1-3(6)2-5/h2-17H2,1H3,(H,19,20);10*3-6H,1-2H2. The van der Waals surface area contributed by atoms with Gasteiger partial charge in [-0.3, -0.25) is 4.79 Å². The first-order valence-corrected chi connectivity index (χ1v) is 26.1. The van der Waals surface area contributed by atoms with Gasteiger partial charge >= 0.3 is 5.97 Å². The van der Waals surface area contributed by atoms with E-state index in [1.165, 1.54) is 83.5 Å². The molecule has 32 heteroatoms. The molecule has 0 heterocycles. The van der Waals surface area contributed by atoms with Crippen molar-refractivity contribution in [3.63, 3.8) is 0 Å². The van der Waals surface area contributed by atoms with Crippen molar-refractivity contribution in [2.24, 2.45) is 0 Å². The number of rotatable bonds is 36. The maximum atomic E-state index is 10.3. The predicted molar refractivity (Wildman–Crippen MR) is 289 cm³/mol. The lowest BCUT2D eigenvalue weighted by atomic mass is 10.0. The van der Waals surface area contributed by atoms with Crippen molar-refractivity contribution in [3.8, 4) is 0 Å². The van der Waals surface area contributed by atoms with Crippen molar-refractivity contribution < 1.29 is 163 Å². The molecule has 0 aliphatic rings. The maximum Gasteiger partial charge on any atom is 0.303 e. The molecule has 0 radical (unpaired) electrons. The molecule has 0 unspecified atom stereocenters. The Morgan fingerprint density at radius 1 is 0.212 bits per heavy atom. The lowest BCUT2D eigenvalue weighted by Gasteiger charge is -2.03. The Hall–Kier alpha value is -1.73. The second kappa shape index (κ2) is 99.3. The summed E-state index contributed by atoms with van der Waals surface area (Å²) in [5, 5.41) is 249. The van der Waals surface area contributed by atoms with Crippen molar-refractivity contribution in [2.45, 2.75) is 171 Å². The molecule has 0 saturated heterocycles. The van der Waals surface area contributed by atoms with Crippen LogP contribution in [0.2, 0.25) is 0 Å². The van der Waals surface area contributed by atoms with Crippen LogP contribution in [0.3, 0.4) is 0 Å². The molecule has 0 aromatic rings. The van der Waals surface area contributed by atoms with Crippen LogP contribution < -0.4 is 0 Å². The van der Waals surface area contributed by atoms with E-state index in [2.05, 4.69) is 6.92 Å². The SMILES string of the molecule is CCCCCCCCCCCCCCCCCC(=O)O.OCC(O)CO.OCC(O)CO.OCC(O)CO.OCC(O)CO.OCC(O)CO.OCC(O)CO.OCC(O)CO.OCC(O)CO.OCC(O)CO.OCC(O)CO. The van der Waals surface area contributed by atoms with Crippen molar-refractivity contribution in [3.05, 3.63) is 0 Å². The number of carbonyl (C=O) groups is 1. The molecular weight excluding hydrogens is 1090 g/mol. The van der Waals surface area contributed by atoms with Gasteiger partial charge in [-0.05, 0) is 6.42 Å². The highest BCUT2D eigenvalue weighted by Gasteiger charge is 2.00. The normalized spacial score (nSPS) is 10.2. The van der Waals surface area contributed by atoms with Crippen molar-refractivity contribution in [1.29, 1.82) is 0 Å². The van der Waals surface area contributed by atoms with Crippen LogP contribution in [0.4, 0.5) is 0 Å². The fourth-order valence-corrected chi connectivity index (χ4v) is 3.22. The smallest absolute Gasteiger partial charge is 0.303 e. The van der Waals surface area contributed by atoms with Crippen LogP contribution in [0.25, 0.3) is 0 Å². The van der Waals surface area contributed by atoms with E-state index in [4.69, 9.17) is 158 Å². The summed E-state index contributed by atoms with van der Waals surface area (Å²) in [5.41, 5.74) is 0. The average Bonchev–Trinajstić information content (AvgIpc) is 3.50. The average molecular weight is 1210 g/mol. The number of aliphatic carboxylic acids is 1. The molecule has 80 heavy (non-hydrogen) atoms. The quantitative estimate of drug-likeness (QED) is 0.0259. The van der Waals surface area contributed by atoms with Crippen LogP contribution in [0.1, 0.15) is 110 Å². The Bertz CT molecular complexity index is 756. The highest BCUT2D eigenvalue weighted by molar-refractivity contribution is 5.66. The van der Waals surface area contributed by atoms with Crippen LogP contribution >= 0.6 is 0 Å². The molecule has 0 aliphatic carbocycles. The largest absolute Gasteiger partial charge is 0.481 e. The van der Waals surface area contributed by atoms with E-state index in [0.717, 1.165) is 12.8 Å². The lowest BCUT2D eigenvalue weighted by molar-refractivity contribution is -0.137. The number of aliphatic hydroxyl groups excluding tert-OH is 30. The summed E-state index contributed by atoms with van der Waals surface area (Å²) in [6.45, 7) is -5.02. The Kier molecular flexibility index (Phi) is 128. The number of carboxylic acids is 1. The summed E-state index contributed by atoms with van der Waals surface area (Å²) >= 11 is 0. The summed E-state index contributed by atoms with van der Waals surface area (Å²) in [4.78, 5) is 10.3. The third-order valence-corrected chi connectivity index (χ3v) is 8.21. The first-order valence-electron chi connectivity index (χ1n) is 26.1. The Morgan fingerprint density at radius 3 is 0.388 bits per heavy atom. The number of unbranched alkanes of at least 4 members (excludes halogenated alkanes) is 14. The number of carboxylic acid groups (broad SMARTS) is 1. The third-order valence-electron chi connectivity index (χ3n) is 8.21. The molecule has 0 saturated carbocycles. The summed E-state index contributed by atoms with van der Waals surface area (Å²) in [6.07, 6.45) is 10.7. The van der Waals surface area contributed by atoms with Crippen LogP contribution in [0.15, 0.2) is 0 Å². The second-order valence-corrected chi connectivity index (χ2v) is 16.3. The van der Waals surface area contributed by atoms with Gasteiger partial charge in [-0.25, -0.2) is 0 Å². The van der Waals surface area contributed by atoms with E-state index in [1.807, 2.05) is 0 Å². The van der Waals surface area contributed by atoms with Gasteiger partial charge in [0.1, 0.15) is 61.0 Å². The highest BCUT2D eigenvalue weighted by atomic mass is 16.4. The van der Waals surface area contributed by atoms with Gasteiger partial charge in [0.2, 0.25) is 0 Å². The monoisotopic (exact) mass is 1200 g/mol. The van der Waals surface area contributed by atoms with Gasteiger partial charge in [-0.2, -0.15) is 0 Å². The number of hydrogen-bond acceptors (Lipinski definition) is 31. The molecule has 32 nitrogen and oxygen atoms in total. The van der Waals surface area contributed by atoms with Gasteiger partial charge in [0.15, 0.2) is 0 Å². The molecule has 0 aromatic heterocycles. The number of hydrogen-bond donors (Lipinski definition) is 31. The maximum absolute atomic E-state index is 10.3. The van der Waals surface area contributed by atoms with E-state index in [0.29, 0.717) is 6.42 Å². The van der Waals surface area contributed by atoms with Crippen LogP contribution in [0.5, 0.6) is 0 Å². The van der Waals surface area contributed by atoms with E-state index in [1.54, 1.807) is 0 Å². The molecule has 0 fully saturated rings. The molecule has 500 valence electrons. The van der Waals surface area contributed by atoms with E-state index in [-0.39, 0.29) is 132 Å². The fourth-order valence-electron chi connectivity index (χ4n) is 3.22. The van der Waals surface area contributed by atoms with Gasteiger partial charge in [0.05, 0.1) is 132 Å². The molecule has 0 spiro atoms. The zero-order valence-electron chi connectivity index (χ0n) is 47.0. The van der Waals surface area contributed by atoms with E-state index < -0.39 is 67.0 Å². The molecular formula is C48H116O32. The Balaban J connectivity index is -0.0000000761. The Morgan fingerprint density at radius 2 is 0.312 bits per heavy atom. The predicted octanol–water partition coefficient (Wildman–Crippen LogP) is -10.3. The van der Waals surface area contributed by atoms with Crippen molar-refractivity contribution >= 4 is 5.97 Å².